The minimum atomic E-state index is -1.14. The van der Waals surface area contributed by atoms with Crippen LogP contribution in [0, 0.1) is 5.21 Å². The highest BCUT2D eigenvalue weighted by Gasteiger charge is 2.23. The average molecular weight is 325 g/mol. The van der Waals surface area contributed by atoms with Crippen molar-refractivity contribution in [3.63, 3.8) is 0 Å². The summed E-state index contributed by atoms with van der Waals surface area (Å²) in [5, 5.41) is 24.0. The van der Waals surface area contributed by atoms with Crippen molar-refractivity contribution in [2.24, 2.45) is 0 Å². The first-order valence-electron chi connectivity index (χ1n) is 7.32. The maximum atomic E-state index is 12.2. The number of rotatable bonds is 5. The van der Waals surface area contributed by atoms with Crippen LogP contribution in [-0.2, 0) is 11.2 Å². The lowest BCUT2D eigenvalue weighted by Gasteiger charge is -2.14. The Morgan fingerprint density at radius 1 is 1.25 bits per heavy atom. The molecule has 7 nitrogen and oxygen atoms in total. The van der Waals surface area contributed by atoms with E-state index in [1.165, 1.54) is 18.3 Å². The fourth-order valence-electron chi connectivity index (χ4n) is 2.55. The van der Waals surface area contributed by atoms with Crippen LogP contribution in [0.1, 0.15) is 15.9 Å². The quantitative estimate of drug-likeness (QED) is 0.484. The van der Waals surface area contributed by atoms with E-state index in [0.717, 1.165) is 22.7 Å². The molecule has 0 bridgehead atoms. The summed E-state index contributed by atoms with van der Waals surface area (Å²) in [7, 11) is 0. The van der Waals surface area contributed by atoms with E-state index in [-0.39, 0.29) is 12.0 Å². The van der Waals surface area contributed by atoms with Crippen LogP contribution in [0.3, 0.4) is 0 Å². The zero-order chi connectivity index (χ0) is 17.1. The molecule has 7 heteroatoms. The molecule has 0 saturated heterocycles. The molecule has 0 fully saturated rings. The van der Waals surface area contributed by atoms with Crippen LogP contribution < -0.4 is 10.0 Å². The predicted octanol–water partition coefficient (Wildman–Crippen LogP) is 1.23. The van der Waals surface area contributed by atoms with Crippen LogP contribution in [0.5, 0.6) is 0 Å². The number of hydrogen-bond acceptors (Lipinski definition) is 3. The van der Waals surface area contributed by atoms with Crippen LogP contribution in [0.15, 0.2) is 55.0 Å². The predicted molar refractivity (Wildman–Crippen MR) is 86.3 cm³/mol. The number of pyridine rings is 1. The van der Waals surface area contributed by atoms with Crippen molar-refractivity contribution in [3.8, 4) is 0 Å². The normalized spacial score (nSPS) is 12.0. The molecule has 3 rings (SSSR count). The minimum Gasteiger partial charge on any atom is -0.619 e. The summed E-state index contributed by atoms with van der Waals surface area (Å²) in [6.45, 7) is 0. The Morgan fingerprint density at radius 2 is 2.04 bits per heavy atom. The van der Waals surface area contributed by atoms with Crippen molar-refractivity contribution >= 4 is 22.8 Å². The molecule has 1 amide bonds. The molecule has 3 aromatic rings. The second-order valence-corrected chi connectivity index (χ2v) is 5.38. The Balaban J connectivity index is 1.80. The van der Waals surface area contributed by atoms with Gasteiger partial charge in [-0.1, -0.05) is 18.2 Å². The highest BCUT2D eigenvalue weighted by molar-refractivity contribution is 5.96. The number of aromatic amines is 1. The lowest BCUT2D eigenvalue weighted by Crippen LogP contribution is -2.43. The van der Waals surface area contributed by atoms with E-state index in [4.69, 9.17) is 0 Å². The number of nitrogens with one attached hydrogen (secondary N) is 2. The molecule has 24 heavy (non-hydrogen) atoms. The number of carbonyl (C=O) groups excluding carboxylic acids is 1. The molecular formula is C17H15N3O4. The van der Waals surface area contributed by atoms with Gasteiger partial charge in [0.1, 0.15) is 11.6 Å². The van der Waals surface area contributed by atoms with Crippen molar-refractivity contribution in [1.29, 1.82) is 0 Å². The SMILES string of the molecule is O=C(NC(Cc1c[nH]c2ccccc12)C(=O)O)c1ccc[n+]([O-])c1. The van der Waals surface area contributed by atoms with Gasteiger partial charge >= 0.3 is 5.97 Å². The van der Waals surface area contributed by atoms with Gasteiger partial charge in [0.05, 0.1) is 0 Å². The van der Waals surface area contributed by atoms with Crippen molar-refractivity contribution in [3.05, 3.63) is 71.3 Å². The summed E-state index contributed by atoms with van der Waals surface area (Å²) >= 11 is 0. The van der Waals surface area contributed by atoms with Gasteiger partial charge in [-0.2, -0.15) is 4.73 Å². The monoisotopic (exact) mass is 325 g/mol. The van der Waals surface area contributed by atoms with Crippen molar-refractivity contribution < 1.29 is 19.4 Å². The maximum absolute atomic E-state index is 12.2. The standard InChI is InChI=1S/C17H15N3O4/c21-16(11-4-3-7-20(24)10-11)19-15(17(22)23)8-12-9-18-14-6-2-1-5-13(12)14/h1-7,9-10,15,18H,8H2,(H,19,21)(H,22,23). The van der Waals surface area contributed by atoms with Gasteiger partial charge in [-0.15, -0.1) is 0 Å². The van der Waals surface area contributed by atoms with Gasteiger partial charge in [0, 0.05) is 29.6 Å². The van der Waals surface area contributed by atoms with Crippen LogP contribution in [-0.4, -0.2) is 28.0 Å². The van der Waals surface area contributed by atoms with E-state index in [1.54, 1.807) is 6.20 Å². The third kappa shape index (κ3) is 3.19. The summed E-state index contributed by atoms with van der Waals surface area (Å²) in [5.41, 5.74) is 1.81. The number of amides is 1. The number of fused-ring (bicyclic) bond motifs is 1. The van der Waals surface area contributed by atoms with Crippen molar-refractivity contribution in [2.75, 3.05) is 0 Å². The molecule has 1 aromatic carbocycles. The Kier molecular flexibility index (Phi) is 4.15. The van der Waals surface area contributed by atoms with Gasteiger partial charge in [-0.25, -0.2) is 4.79 Å². The molecule has 0 aliphatic heterocycles. The number of nitrogens with zero attached hydrogens (tertiary/aromatic N) is 1. The van der Waals surface area contributed by atoms with Crippen LogP contribution >= 0.6 is 0 Å². The largest absolute Gasteiger partial charge is 0.619 e. The highest BCUT2D eigenvalue weighted by Crippen LogP contribution is 2.19. The number of aromatic nitrogens is 2. The fraction of sp³-hybridized carbons (Fsp3) is 0.118. The second-order valence-electron chi connectivity index (χ2n) is 5.38. The fourth-order valence-corrected chi connectivity index (χ4v) is 2.55. The van der Waals surface area contributed by atoms with Gasteiger partial charge in [0.15, 0.2) is 12.4 Å². The number of hydrogen-bond donors (Lipinski definition) is 3. The zero-order valence-corrected chi connectivity index (χ0v) is 12.6. The first-order chi connectivity index (χ1) is 11.5. The molecule has 0 aliphatic carbocycles. The number of aliphatic carboxylic acids is 1. The minimum absolute atomic E-state index is 0.109. The molecule has 0 spiro atoms. The van der Waals surface area contributed by atoms with Crippen LogP contribution in [0.2, 0.25) is 0 Å². The molecule has 2 heterocycles. The van der Waals surface area contributed by atoms with E-state index in [2.05, 4.69) is 10.3 Å². The van der Waals surface area contributed by atoms with E-state index >= 15 is 0 Å². The van der Waals surface area contributed by atoms with E-state index < -0.39 is 17.9 Å². The number of para-hydroxylation sites is 1. The van der Waals surface area contributed by atoms with Gasteiger partial charge in [-0.3, -0.25) is 4.79 Å². The molecule has 3 N–H and O–H groups in total. The molecule has 1 atom stereocenters. The highest BCUT2D eigenvalue weighted by atomic mass is 16.5. The summed E-state index contributed by atoms with van der Waals surface area (Å²) in [6.07, 6.45) is 4.22. The molecule has 122 valence electrons. The van der Waals surface area contributed by atoms with E-state index in [1.807, 2.05) is 24.3 Å². The number of carboxylic acid groups (broad SMARTS) is 1. The Hall–Kier alpha value is -3.35. The zero-order valence-electron chi connectivity index (χ0n) is 12.6. The molecule has 0 radical (unpaired) electrons. The van der Waals surface area contributed by atoms with Gasteiger partial charge in [0.2, 0.25) is 0 Å². The Morgan fingerprint density at radius 3 is 2.79 bits per heavy atom. The summed E-state index contributed by atoms with van der Waals surface area (Å²) in [6, 6.07) is 9.31. The third-order valence-corrected chi connectivity index (χ3v) is 3.74. The topological polar surface area (TPSA) is 109 Å². The lowest BCUT2D eigenvalue weighted by molar-refractivity contribution is -0.605. The maximum Gasteiger partial charge on any atom is 0.326 e. The molecule has 2 aromatic heterocycles. The Labute approximate surface area is 137 Å². The smallest absolute Gasteiger partial charge is 0.326 e. The van der Waals surface area contributed by atoms with Crippen molar-refractivity contribution in [2.45, 2.75) is 12.5 Å². The summed E-state index contributed by atoms with van der Waals surface area (Å²) < 4.78 is 0.490. The third-order valence-electron chi connectivity index (χ3n) is 3.74. The average Bonchev–Trinajstić information content (AvgIpc) is 2.97. The molecule has 0 aliphatic rings. The number of carboxylic acids is 1. The Bertz CT molecular complexity index is 903. The second kappa shape index (κ2) is 6.41. The number of H-pyrrole nitrogens is 1. The van der Waals surface area contributed by atoms with Gasteiger partial charge < -0.3 is 20.6 Å². The van der Waals surface area contributed by atoms with Crippen LogP contribution in [0.4, 0.5) is 0 Å². The molecule has 0 saturated carbocycles. The first kappa shape index (κ1) is 15.5. The molecular weight excluding hydrogens is 310 g/mol. The van der Waals surface area contributed by atoms with Gasteiger partial charge in [-0.05, 0) is 17.7 Å². The number of carbonyl (C=O) groups is 2. The van der Waals surface area contributed by atoms with Crippen LogP contribution in [0.25, 0.3) is 10.9 Å². The van der Waals surface area contributed by atoms with Crippen molar-refractivity contribution in [1.82, 2.24) is 10.3 Å². The first-order valence-corrected chi connectivity index (χ1v) is 7.32. The number of benzene rings is 1. The van der Waals surface area contributed by atoms with E-state index in [9.17, 15) is 19.9 Å². The van der Waals surface area contributed by atoms with E-state index in [0.29, 0.717) is 4.73 Å². The van der Waals surface area contributed by atoms with Gasteiger partial charge in [0.25, 0.3) is 5.91 Å². The summed E-state index contributed by atoms with van der Waals surface area (Å²) in [5.74, 6) is -1.74. The molecule has 1 unspecified atom stereocenters. The lowest BCUT2D eigenvalue weighted by atomic mass is 10.0. The summed E-state index contributed by atoms with van der Waals surface area (Å²) in [4.78, 5) is 26.7.